The number of hydrogen-bond donors (Lipinski definition) is 1. The lowest BCUT2D eigenvalue weighted by Crippen LogP contribution is -2.35. The maximum Gasteiger partial charge on any atom is 0.322 e. The highest BCUT2D eigenvalue weighted by Crippen LogP contribution is 2.32. The van der Waals surface area contributed by atoms with Crippen LogP contribution in [0.3, 0.4) is 0 Å². The van der Waals surface area contributed by atoms with Crippen LogP contribution in [0.2, 0.25) is 0 Å². The van der Waals surface area contributed by atoms with Crippen molar-refractivity contribution in [1.82, 2.24) is 19.7 Å². The summed E-state index contributed by atoms with van der Waals surface area (Å²) in [4.78, 5) is 25.1. The molecule has 1 atom stereocenters. The number of nitro groups is 1. The van der Waals surface area contributed by atoms with Gasteiger partial charge in [0, 0.05) is 25.2 Å². The molecule has 0 saturated carbocycles. The summed E-state index contributed by atoms with van der Waals surface area (Å²) in [6.07, 6.45) is 3.29. The Hall–Kier alpha value is -2.97. The average molecular weight is 344 g/mol. The van der Waals surface area contributed by atoms with Crippen LogP contribution in [0.5, 0.6) is 0 Å². The van der Waals surface area contributed by atoms with E-state index in [4.69, 9.17) is 0 Å². The fraction of sp³-hybridized carbons (Fsp3) is 0.438. The van der Waals surface area contributed by atoms with Crippen molar-refractivity contribution in [3.63, 3.8) is 0 Å². The van der Waals surface area contributed by atoms with E-state index in [-0.39, 0.29) is 17.8 Å². The Kier molecular flexibility index (Phi) is 4.39. The third-order valence-corrected chi connectivity index (χ3v) is 4.54. The van der Waals surface area contributed by atoms with Gasteiger partial charge in [-0.15, -0.1) is 10.2 Å². The zero-order valence-electron chi connectivity index (χ0n) is 14.4. The van der Waals surface area contributed by atoms with Gasteiger partial charge in [0.2, 0.25) is 0 Å². The van der Waals surface area contributed by atoms with Crippen LogP contribution < -0.4 is 5.32 Å². The molecule has 1 aliphatic heterocycles. The number of likely N-dealkylation sites (tertiary alicyclic amines) is 1. The first-order valence-electron chi connectivity index (χ1n) is 8.05. The molecule has 1 aromatic carbocycles. The van der Waals surface area contributed by atoms with Crippen LogP contribution in [-0.2, 0) is 7.05 Å². The molecule has 2 amide bonds. The van der Waals surface area contributed by atoms with Crippen LogP contribution in [-0.4, -0.2) is 37.2 Å². The van der Waals surface area contributed by atoms with Gasteiger partial charge in [-0.05, 0) is 38.3 Å². The quantitative estimate of drug-likeness (QED) is 0.680. The molecule has 1 fully saturated rings. The molecule has 1 aromatic heterocycles. The summed E-state index contributed by atoms with van der Waals surface area (Å²) < 4.78 is 1.80. The van der Waals surface area contributed by atoms with Gasteiger partial charge in [-0.1, -0.05) is 0 Å². The summed E-state index contributed by atoms with van der Waals surface area (Å²) >= 11 is 0. The lowest BCUT2D eigenvalue weighted by atomic mass is 10.1. The van der Waals surface area contributed by atoms with E-state index in [0.717, 1.165) is 24.2 Å². The Morgan fingerprint density at radius 3 is 2.76 bits per heavy atom. The lowest BCUT2D eigenvalue weighted by molar-refractivity contribution is -0.385. The molecule has 132 valence electrons. The van der Waals surface area contributed by atoms with Crippen molar-refractivity contribution in [1.29, 1.82) is 0 Å². The molecule has 1 N–H and O–H groups in total. The number of urea groups is 1. The monoisotopic (exact) mass is 344 g/mol. The van der Waals surface area contributed by atoms with Gasteiger partial charge >= 0.3 is 6.03 Å². The van der Waals surface area contributed by atoms with Crippen molar-refractivity contribution < 1.29 is 9.72 Å². The van der Waals surface area contributed by atoms with Gasteiger partial charge in [-0.25, -0.2) is 4.79 Å². The number of nitrogens with zero attached hydrogens (tertiary/aromatic N) is 5. The Balaban J connectivity index is 1.84. The molecule has 2 aromatic rings. The van der Waals surface area contributed by atoms with Gasteiger partial charge in [-0.2, -0.15) is 0 Å². The van der Waals surface area contributed by atoms with Crippen LogP contribution in [0.4, 0.5) is 16.2 Å². The van der Waals surface area contributed by atoms with E-state index >= 15 is 0 Å². The second-order valence-corrected chi connectivity index (χ2v) is 6.29. The number of aromatic nitrogens is 3. The average Bonchev–Trinajstić information content (AvgIpc) is 3.17. The van der Waals surface area contributed by atoms with E-state index in [0.29, 0.717) is 17.8 Å². The molecule has 0 bridgehead atoms. The zero-order valence-corrected chi connectivity index (χ0v) is 14.4. The van der Waals surface area contributed by atoms with E-state index in [9.17, 15) is 14.9 Å². The second kappa shape index (κ2) is 6.50. The number of carbonyl (C=O) groups is 1. The van der Waals surface area contributed by atoms with E-state index in [2.05, 4.69) is 15.5 Å². The third-order valence-electron chi connectivity index (χ3n) is 4.54. The molecule has 9 nitrogen and oxygen atoms in total. The number of amides is 2. The highest BCUT2D eigenvalue weighted by molar-refractivity contribution is 5.91. The SMILES string of the molecule is Cc1cc(C)c([N+](=O)[O-])cc1NC(=O)N1CCC[C@H]1c1nncn1C. The molecule has 0 spiro atoms. The van der Waals surface area contributed by atoms with E-state index in [1.165, 1.54) is 6.07 Å². The number of carbonyl (C=O) groups excluding carboxylic acids is 1. The van der Waals surface area contributed by atoms with Gasteiger partial charge < -0.3 is 14.8 Å². The van der Waals surface area contributed by atoms with Crippen LogP contribution in [0.25, 0.3) is 0 Å². The number of anilines is 1. The molecular formula is C16H20N6O3. The largest absolute Gasteiger partial charge is 0.322 e. The van der Waals surface area contributed by atoms with Crippen LogP contribution in [0, 0.1) is 24.0 Å². The molecule has 1 aliphatic rings. The number of hydrogen-bond acceptors (Lipinski definition) is 5. The smallest absolute Gasteiger partial charge is 0.319 e. The number of benzene rings is 1. The molecule has 1 saturated heterocycles. The molecule has 9 heteroatoms. The summed E-state index contributed by atoms with van der Waals surface area (Å²) in [6.45, 7) is 4.11. The fourth-order valence-corrected chi connectivity index (χ4v) is 3.23. The van der Waals surface area contributed by atoms with Crippen molar-refractivity contribution >= 4 is 17.4 Å². The predicted molar refractivity (Wildman–Crippen MR) is 91.3 cm³/mol. The van der Waals surface area contributed by atoms with Crippen molar-refractivity contribution in [2.24, 2.45) is 7.05 Å². The lowest BCUT2D eigenvalue weighted by Gasteiger charge is -2.24. The first kappa shape index (κ1) is 16.9. The first-order valence-corrected chi connectivity index (χ1v) is 8.05. The van der Waals surface area contributed by atoms with Crippen LogP contribution in [0.1, 0.15) is 35.8 Å². The number of aryl methyl sites for hydroxylation is 3. The minimum absolute atomic E-state index is 0.00725. The predicted octanol–water partition coefficient (Wildman–Crippen LogP) is 2.71. The minimum atomic E-state index is -0.442. The summed E-state index contributed by atoms with van der Waals surface area (Å²) in [5, 5.41) is 21.9. The molecule has 3 rings (SSSR count). The third kappa shape index (κ3) is 3.17. The van der Waals surface area contributed by atoms with E-state index in [1.54, 1.807) is 28.8 Å². The van der Waals surface area contributed by atoms with Crippen molar-refractivity contribution in [2.75, 3.05) is 11.9 Å². The highest BCUT2D eigenvalue weighted by atomic mass is 16.6. The second-order valence-electron chi connectivity index (χ2n) is 6.29. The number of rotatable bonds is 3. The van der Waals surface area contributed by atoms with Gasteiger partial charge in [0.15, 0.2) is 5.82 Å². The van der Waals surface area contributed by atoms with Crippen molar-refractivity contribution in [3.05, 3.63) is 45.5 Å². The molecule has 0 unspecified atom stereocenters. The van der Waals surface area contributed by atoms with Crippen molar-refractivity contribution in [2.45, 2.75) is 32.7 Å². The Bertz CT molecular complexity index is 831. The van der Waals surface area contributed by atoms with E-state index in [1.807, 2.05) is 14.0 Å². The van der Waals surface area contributed by atoms with Gasteiger partial charge in [0.05, 0.1) is 16.7 Å². The summed E-state index contributed by atoms with van der Waals surface area (Å²) in [5.74, 6) is 0.735. The Labute approximate surface area is 144 Å². The highest BCUT2D eigenvalue weighted by Gasteiger charge is 2.33. The normalized spacial score (nSPS) is 16.9. The van der Waals surface area contributed by atoms with Crippen LogP contribution >= 0.6 is 0 Å². The molecular weight excluding hydrogens is 324 g/mol. The number of nitrogens with one attached hydrogen (secondary N) is 1. The van der Waals surface area contributed by atoms with Gasteiger partial charge in [0.25, 0.3) is 5.69 Å². The summed E-state index contributed by atoms with van der Waals surface area (Å²) in [5.41, 5.74) is 1.79. The summed E-state index contributed by atoms with van der Waals surface area (Å²) in [7, 11) is 1.84. The molecule has 2 heterocycles. The van der Waals surface area contributed by atoms with Crippen LogP contribution in [0.15, 0.2) is 18.5 Å². The van der Waals surface area contributed by atoms with Gasteiger partial charge in [0.1, 0.15) is 6.33 Å². The topological polar surface area (TPSA) is 106 Å². The molecule has 0 aliphatic carbocycles. The molecule has 0 radical (unpaired) electrons. The summed E-state index contributed by atoms with van der Waals surface area (Å²) in [6, 6.07) is 2.69. The van der Waals surface area contributed by atoms with Gasteiger partial charge in [-0.3, -0.25) is 10.1 Å². The zero-order chi connectivity index (χ0) is 18.1. The van der Waals surface area contributed by atoms with E-state index < -0.39 is 4.92 Å². The standard InChI is InChI=1S/C16H20N6O3/c1-10-7-11(2)14(22(24)25)8-12(10)18-16(23)21-6-4-5-13(21)15-19-17-9-20(15)3/h7-9,13H,4-6H2,1-3H3,(H,18,23)/t13-/m0/s1. The molecule has 25 heavy (non-hydrogen) atoms. The van der Waals surface area contributed by atoms with Crippen molar-refractivity contribution in [3.8, 4) is 0 Å². The fourth-order valence-electron chi connectivity index (χ4n) is 3.23. The first-order chi connectivity index (χ1) is 11.9. The maximum atomic E-state index is 12.7. The Morgan fingerprint density at radius 2 is 2.12 bits per heavy atom. The minimum Gasteiger partial charge on any atom is -0.319 e. The maximum absolute atomic E-state index is 12.7. The Morgan fingerprint density at radius 1 is 1.36 bits per heavy atom. The number of nitro benzene ring substituents is 1.